The number of carbonyl (C=O) groups excluding carboxylic acids is 1. The van der Waals surface area contributed by atoms with Crippen LogP contribution in [0.3, 0.4) is 0 Å². The van der Waals surface area contributed by atoms with Gasteiger partial charge >= 0.3 is 5.97 Å². The first-order chi connectivity index (χ1) is 8.81. The van der Waals surface area contributed by atoms with E-state index in [4.69, 9.17) is 5.11 Å². The Morgan fingerprint density at radius 3 is 2.26 bits per heavy atom. The zero-order valence-corrected chi connectivity index (χ0v) is 10.0. The van der Waals surface area contributed by atoms with Gasteiger partial charge in [-0.3, -0.25) is 9.59 Å². The van der Waals surface area contributed by atoms with E-state index in [0.717, 1.165) is 0 Å². The number of halogens is 3. The molecule has 1 unspecified atom stereocenters. The van der Waals surface area contributed by atoms with Crippen LogP contribution in [-0.2, 0) is 4.79 Å². The van der Waals surface area contributed by atoms with E-state index < -0.39 is 40.9 Å². The summed E-state index contributed by atoms with van der Waals surface area (Å²) < 4.78 is 39.2. The fourth-order valence-electron chi connectivity index (χ4n) is 1.47. The van der Waals surface area contributed by atoms with Crippen molar-refractivity contribution in [3.8, 4) is 0 Å². The van der Waals surface area contributed by atoms with Crippen LogP contribution in [0.15, 0.2) is 12.1 Å². The number of amides is 1. The molecule has 1 amide bonds. The Morgan fingerprint density at radius 2 is 1.79 bits per heavy atom. The van der Waals surface area contributed by atoms with Crippen molar-refractivity contribution in [3.05, 3.63) is 35.1 Å². The molecule has 0 spiro atoms. The van der Waals surface area contributed by atoms with Gasteiger partial charge in [0.2, 0.25) is 0 Å². The van der Waals surface area contributed by atoms with Gasteiger partial charge in [-0.05, 0) is 13.3 Å². The van der Waals surface area contributed by atoms with E-state index in [0.29, 0.717) is 12.1 Å². The second-order valence-electron chi connectivity index (χ2n) is 4.05. The molecular weight excluding hydrogens is 263 g/mol. The summed E-state index contributed by atoms with van der Waals surface area (Å²) in [7, 11) is 0. The third-order valence-electron chi connectivity index (χ3n) is 2.40. The summed E-state index contributed by atoms with van der Waals surface area (Å²) in [6.07, 6.45) is -0.0681. The highest BCUT2D eigenvalue weighted by Gasteiger charge is 2.20. The molecule has 7 heteroatoms. The van der Waals surface area contributed by atoms with E-state index in [1.54, 1.807) is 0 Å². The minimum Gasteiger partial charge on any atom is -0.481 e. The van der Waals surface area contributed by atoms with E-state index in [1.165, 1.54) is 6.92 Å². The fourth-order valence-corrected chi connectivity index (χ4v) is 1.47. The van der Waals surface area contributed by atoms with Crippen molar-refractivity contribution in [2.24, 2.45) is 0 Å². The van der Waals surface area contributed by atoms with Crippen molar-refractivity contribution >= 4 is 11.9 Å². The second kappa shape index (κ2) is 6.21. The lowest BCUT2D eigenvalue weighted by Gasteiger charge is -2.13. The normalized spacial score (nSPS) is 12.0. The molecule has 104 valence electrons. The molecule has 0 aliphatic rings. The minimum atomic E-state index is -1.31. The molecular formula is C12H12F3NO3. The number of carboxylic acid groups (broad SMARTS) is 1. The number of hydrogen-bond acceptors (Lipinski definition) is 2. The smallest absolute Gasteiger partial charge is 0.303 e. The number of benzene rings is 1. The molecule has 0 aliphatic carbocycles. The highest BCUT2D eigenvalue weighted by atomic mass is 19.1. The Kier molecular flexibility index (Phi) is 4.91. The number of carboxylic acids is 1. The molecule has 0 bridgehead atoms. The summed E-state index contributed by atoms with van der Waals surface area (Å²) in [5.41, 5.74) is -0.886. The van der Waals surface area contributed by atoms with Crippen molar-refractivity contribution in [1.29, 1.82) is 0 Å². The first-order valence-corrected chi connectivity index (χ1v) is 5.48. The van der Waals surface area contributed by atoms with Gasteiger partial charge in [0.05, 0.1) is 0 Å². The zero-order valence-electron chi connectivity index (χ0n) is 10.0. The maximum Gasteiger partial charge on any atom is 0.303 e. The largest absolute Gasteiger partial charge is 0.481 e. The number of hydrogen-bond donors (Lipinski definition) is 2. The maximum atomic E-state index is 13.3. The minimum absolute atomic E-state index is 0.117. The van der Waals surface area contributed by atoms with Gasteiger partial charge in [0.25, 0.3) is 5.91 Å². The number of aliphatic carboxylic acids is 1. The summed E-state index contributed by atoms with van der Waals surface area (Å²) in [5, 5.41) is 10.7. The Bertz CT molecular complexity index is 482. The fraction of sp³-hybridized carbons (Fsp3) is 0.333. The zero-order chi connectivity index (χ0) is 14.6. The molecule has 0 saturated carbocycles. The van der Waals surface area contributed by atoms with Crippen molar-refractivity contribution in [3.63, 3.8) is 0 Å². The molecule has 0 fully saturated rings. The lowest BCUT2D eigenvalue weighted by Crippen LogP contribution is -2.34. The molecule has 1 aromatic rings. The summed E-state index contributed by atoms with van der Waals surface area (Å²) >= 11 is 0. The highest BCUT2D eigenvalue weighted by molar-refractivity contribution is 5.94. The molecule has 19 heavy (non-hydrogen) atoms. The summed E-state index contributed by atoms with van der Waals surface area (Å²) in [5.74, 6) is -5.82. The van der Waals surface area contributed by atoms with Gasteiger partial charge in [0, 0.05) is 24.6 Å². The van der Waals surface area contributed by atoms with Crippen LogP contribution in [0, 0.1) is 17.5 Å². The van der Waals surface area contributed by atoms with E-state index >= 15 is 0 Å². The topological polar surface area (TPSA) is 66.4 Å². The van der Waals surface area contributed by atoms with Crippen molar-refractivity contribution in [2.45, 2.75) is 25.8 Å². The van der Waals surface area contributed by atoms with Crippen LogP contribution >= 0.6 is 0 Å². The van der Waals surface area contributed by atoms with Gasteiger partial charge in [-0.2, -0.15) is 0 Å². The lowest BCUT2D eigenvalue weighted by molar-refractivity contribution is -0.137. The van der Waals surface area contributed by atoms with Gasteiger partial charge < -0.3 is 10.4 Å². The number of rotatable bonds is 5. The molecule has 0 aromatic heterocycles. The predicted molar refractivity (Wildman–Crippen MR) is 60.1 cm³/mol. The molecule has 1 rings (SSSR count). The average Bonchev–Trinajstić information content (AvgIpc) is 2.24. The first-order valence-electron chi connectivity index (χ1n) is 5.48. The van der Waals surface area contributed by atoms with Gasteiger partial charge in [-0.15, -0.1) is 0 Å². The van der Waals surface area contributed by atoms with Crippen LogP contribution in [0.1, 0.15) is 30.1 Å². The molecule has 0 saturated heterocycles. The van der Waals surface area contributed by atoms with Crippen LogP contribution in [0.5, 0.6) is 0 Å². The van der Waals surface area contributed by atoms with Crippen molar-refractivity contribution < 1.29 is 27.9 Å². The highest BCUT2D eigenvalue weighted by Crippen LogP contribution is 2.15. The summed E-state index contributed by atoms with van der Waals surface area (Å²) in [6.45, 7) is 1.50. The van der Waals surface area contributed by atoms with Gasteiger partial charge in [0.15, 0.2) is 0 Å². The first kappa shape index (κ1) is 15.0. The van der Waals surface area contributed by atoms with E-state index in [9.17, 15) is 22.8 Å². The van der Waals surface area contributed by atoms with Gasteiger partial charge in [0.1, 0.15) is 23.0 Å². The molecule has 4 nitrogen and oxygen atoms in total. The van der Waals surface area contributed by atoms with Crippen LogP contribution in [0.25, 0.3) is 0 Å². The molecule has 1 aromatic carbocycles. The average molecular weight is 275 g/mol. The van der Waals surface area contributed by atoms with Gasteiger partial charge in [-0.1, -0.05) is 0 Å². The van der Waals surface area contributed by atoms with E-state index in [1.807, 2.05) is 0 Å². The van der Waals surface area contributed by atoms with Crippen molar-refractivity contribution in [1.82, 2.24) is 5.32 Å². The molecule has 1 atom stereocenters. The standard InChI is InChI=1S/C12H12F3NO3/c1-6(2-3-10(17)18)16-12(19)11-8(14)4-7(13)5-9(11)15/h4-6H,2-3H2,1H3,(H,16,19)(H,17,18). The Morgan fingerprint density at radius 1 is 1.26 bits per heavy atom. The Balaban J connectivity index is 2.76. The third kappa shape index (κ3) is 4.27. The monoisotopic (exact) mass is 275 g/mol. The Hall–Kier alpha value is -2.05. The second-order valence-corrected chi connectivity index (χ2v) is 4.05. The molecule has 0 radical (unpaired) electrons. The number of carbonyl (C=O) groups is 2. The molecule has 2 N–H and O–H groups in total. The summed E-state index contributed by atoms with van der Waals surface area (Å²) in [6, 6.07) is 0.229. The van der Waals surface area contributed by atoms with Crippen molar-refractivity contribution in [2.75, 3.05) is 0 Å². The maximum absolute atomic E-state index is 13.3. The lowest BCUT2D eigenvalue weighted by atomic mass is 10.1. The van der Waals surface area contributed by atoms with E-state index in [2.05, 4.69) is 5.32 Å². The predicted octanol–water partition coefficient (Wildman–Crippen LogP) is 2.09. The molecule has 0 heterocycles. The van der Waals surface area contributed by atoms with E-state index in [-0.39, 0.29) is 12.8 Å². The third-order valence-corrected chi connectivity index (χ3v) is 2.40. The number of nitrogens with one attached hydrogen (secondary N) is 1. The Labute approximate surface area is 107 Å². The quantitative estimate of drug-likeness (QED) is 0.864. The van der Waals surface area contributed by atoms with Crippen LogP contribution in [0.2, 0.25) is 0 Å². The van der Waals surface area contributed by atoms with Gasteiger partial charge in [-0.25, -0.2) is 13.2 Å². The summed E-state index contributed by atoms with van der Waals surface area (Å²) in [4.78, 5) is 21.9. The van der Waals surface area contributed by atoms with Crippen LogP contribution < -0.4 is 5.32 Å². The van der Waals surface area contributed by atoms with Crippen LogP contribution in [-0.4, -0.2) is 23.0 Å². The SMILES string of the molecule is CC(CCC(=O)O)NC(=O)c1c(F)cc(F)cc1F. The molecule has 0 aliphatic heterocycles. The van der Waals surface area contributed by atoms with Crippen LogP contribution in [0.4, 0.5) is 13.2 Å².